The molecule has 0 aliphatic heterocycles. The topological polar surface area (TPSA) is 123 Å². The van der Waals surface area contributed by atoms with Gasteiger partial charge in [-0.2, -0.15) is 5.10 Å². The number of hydrogen-bond donors (Lipinski definition) is 3. The number of amides is 3. The van der Waals surface area contributed by atoms with Crippen LogP contribution in [0.1, 0.15) is 17.5 Å². The summed E-state index contributed by atoms with van der Waals surface area (Å²) in [6, 6.07) is 16.1. The average Bonchev–Trinajstić information content (AvgIpc) is 2.66. The van der Waals surface area contributed by atoms with Crippen molar-refractivity contribution >= 4 is 23.9 Å². The van der Waals surface area contributed by atoms with Crippen LogP contribution in [-0.4, -0.2) is 30.5 Å². The normalized spacial score (nSPS) is 10.4. The molecule has 0 atom stereocenters. The summed E-state index contributed by atoms with van der Waals surface area (Å²) in [7, 11) is 0. The van der Waals surface area contributed by atoms with E-state index in [1.807, 2.05) is 30.3 Å². The summed E-state index contributed by atoms with van der Waals surface area (Å²) in [5.41, 5.74) is 8.94. The van der Waals surface area contributed by atoms with Crippen LogP contribution in [0.5, 0.6) is 5.75 Å². The Bertz CT molecular complexity index is 804. The third-order valence-corrected chi connectivity index (χ3v) is 3.32. The number of hydrogen-bond acceptors (Lipinski definition) is 5. The maximum Gasteiger partial charge on any atom is 0.255 e. The summed E-state index contributed by atoms with van der Waals surface area (Å²) in [6.45, 7) is 0.163. The SMILES string of the molecule is NC(=O)COc1ccc(/C=N/NC(=O)CC(=O)NCc2ccccc2)cc1. The molecule has 0 unspecified atom stereocenters. The van der Waals surface area contributed by atoms with Crippen molar-refractivity contribution in [1.29, 1.82) is 0 Å². The first kappa shape index (κ1) is 19.6. The lowest BCUT2D eigenvalue weighted by atomic mass is 10.2. The molecule has 8 heteroatoms. The standard InChI is InChI=1S/C19H20N4O4/c20-17(24)13-27-16-8-6-15(7-9-16)12-22-23-19(26)10-18(25)21-11-14-4-2-1-3-5-14/h1-9,12H,10-11,13H2,(H2,20,24)(H,21,25)(H,23,26)/b22-12+. The van der Waals surface area contributed by atoms with E-state index in [0.29, 0.717) is 17.9 Å². The molecule has 0 aliphatic carbocycles. The molecule has 0 bridgehead atoms. The third-order valence-electron chi connectivity index (χ3n) is 3.32. The molecule has 0 radical (unpaired) electrons. The largest absolute Gasteiger partial charge is 0.484 e. The fourth-order valence-corrected chi connectivity index (χ4v) is 2.03. The Hall–Kier alpha value is -3.68. The highest BCUT2D eigenvalue weighted by atomic mass is 16.5. The first-order valence-corrected chi connectivity index (χ1v) is 8.16. The molecule has 8 nitrogen and oxygen atoms in total. The Kier molecular flexibility index (Phi) is 7.52. The number of nitrogens with two attached hydrogens (primary N) is 1. The second kappa shape index (κ2) is 10.3. The van der Waals surface area contributed by atoms with Gasteiger partial charge < -0.3 is 15.8 Å². The van der Waals surface area contributed by atoms with Crippen LogP contribution in [0.15, 0.2) is 59.7 Å². The Balaban J connectivity index is 1.71. The number of primary amides is 1. The zero-order chi connectivity index (χ0) is 19.5. The van der Waals surface area contributed by atoms with Crippen molar-refractivity contribution in [2.24, 2.45) is 10.8 Å². The number of nitrogens with zero attached hydrogens (tertiary/aromatic N) is 1. The van der Waals surface area contributed by atoms with Gasteiger partial charge in [0.25, 0.3) is 5.91 Å². The number of carbonyl (C=O) groups excluding carboxylic acids is 3. The number of rotatable bonds is 9. The van der Waals surface area contributed by atoms with Gasteiger partial charge in [0, 0.05) is 6.54 Å². The summed E-state index contributed by atoms with van der Waals surface area (Å²) in [5.74, 6) is -0.970. The highest BCUT2D eigenvalue weighted by Gasteiger charge is 2.08. The van der Waals surface area contributed by atoms with Gasteiger partial charge in [-0.15, -0.1) is 0 Å². The number of ether oxygens (including phenoxy) is 1. The first-order valence-electron chi connectivity index (χ1n) is 8.16. The monoisotopic (exact) mass is 368 g/mol. The predicted octanol–water partition coefficient (Wildman–Crippen LogP) is 0.707. The predicted molar refractivity (Wildman–Crippen MR) is 99.8 cm³/mol. The van der Waals surface area contributed by atoms with E-state index >= 15 is 0 Å². The maximum absolute atomic E-state index is 11.7. The average molecular weight is 368 g/mol. The minimum absolute atomic E-state index is 0.199. The second-order valence-corrected chi connectivity index (χ2v) is 5.56. The van der Waals surface area contributed by atoms with E-state index in [1.54, 1.807) is 24.3 Å². The van der Waals surface area contributed by atoms with Gasteiger partial charge in [-0.3, -0.25) is 14.4 Å². The lowest BCUT2D eigenvalue weighted by Crippen LogP contribution is -2.29. The quantitative estimate of drug-likeness (QED) is 0.343. The molecule has 4 N–H and O–H groups in total. The first-order chi connectivity index (χ1) is 13.0. The Morgan fingerprint density at radius 2 is 1.70 bits per heavy atom. The molecule has 3 amide bonds. The van der Waals surface area contributed by atoms with E-state index in [4.69, 9.17) is 10.5 Å². The number of benzene rings is 2. The summed E-state index contributed by atoms with van der Waals surface area (Å²) < 4.78 is 5.13. The maximum atomic E-state index is 11.7. The van der Waals surface area contributed by atoms with Gasteiger partial charge in [-0.25, -0.2) is 5.43 Å². The molecular weight excluding hydrogens is 348 g/mol. The zero-order valence-electron chi connectivity index (χ0n) is 14.6. The van der Waals surface area contributed by atoms with Gasteiger partial charge in [0.1, 0.15) is 12.2 Å². The molecule has 2 aromatic rings. The van der Waals surface area contributed by atoms with Gasteiger partial charge >= 0.3 is 0 Å². The van der Waals surface area contributed by atoms with E-state index in [-0.39, 0.29) is 18.9 Å². The van der Waals surface area contributed by atoms with Crippen molar-refractivity contribution in [3.8, 4) is 5.75 Å². The highest BCUT2D eigenvalue weighted by Crippen LogP contribution is 2.10. The summed E-state index contributed by atoms with van der Waals surface area (Å²) in [6.07, 6.45) is 1.11. The fourth-order valence-electron chi connectivity index (χ4n) is 2.03. The lowest BCUT2D eigenvalue weighted by molar-refractivity contribution is -0.129. The molecule has 0 aromatic heterocycles. The van der Waals surface area contributed by atoms with E-state index in [2.05, 4.69) is 15.8 Å². The number of nitrogens with one attached hydrogen (secondary N) is 2. The molecule has 140 valence electrons. The van der Waals surface area contributed by atoms with Crippen molar-refractivity contribution in [3.05, 3.63) is 65.7 Å². The van der Waals surface area contributed by atoms with Crippen LogP contribution < -0.4 is 21.2 Å². The molecule has 0 saturated heterocycles. The van der Waals surface area contributed by atoms with Crippen LogP contribution in [0.2, 0.25) is 0 Å². The van der Waals surface area contributed by atoms with Crippen LogP contribution in [0.3, 0.4) is 0 Å². The lowest BCUT2D eigenvalue weighted by Gasteiger charge is -2.05. The van der Waals surface area contributed by atoms with Crippen LogP contribution in [0, 0.1) is 0 Å². The molecular formula is C19H20N4O4. The van der Waals surface area contributed by atoms with Gasteiger partial charge in [0.05, 0.1) is 6.21 Å². The zero-order valence-corrected chi connectivity index (χ0v) is 14.6. The molecule has 27 heavy (non-hydrogen) atoms. The van der Waals surface area contributed by atoms with Crippen molar-refractivity contribution in [1.82, 2.24) is 10.7 Å². The van der Waals surface area contributed by atoms with E-state index in [0.717, 1.165) is 5.56 Å². The van der Waals surface area contributed by atoms with Gasteiger partial charge in [-0.1, -0.05) is 30.3 Å². The Morgan fingerprint density at radius 1 is 1.00 bits per heavy atom. The van der Waals surface area contributed by atoms with Gasteiger partial charge in [0.2, 0.25) is 11.8 Å². The minimum Gasteiger partial charge on any atom is -0.484 e. The van der Waals surface area contributed by atoms with Crippen molar-refractivity contribution in [3.63, 3.8) is 0 Å². The van der Waals surface area contributed by atoms with Crippen molar-refractivity contribution < 1.29 is 19.1 Å². The van der Waals surface area contributed by atoms with Crippen LogP contribution >= 0.6 is 0 Å². The molecule has 2 aromatic carbocycles. The van der Waals surface area contributed by atoms with E-state index < -0.39 is 11.8 Å². The van der Waals surface area contributed by atoms with Crippen molar-refractivity contribution in [2.45, 2.75) is 13.0 Å². The highest BCUT2D eigenvalue weighted by molar-refractivity contribution is 5.97. The van der Waals surface area contributed by atoms with E-state index in [1.165, 1.54) is 6.21 Å². The van der Waals surface area contributed by atoms with Gasteiger partial charge in [-0.05, 0) is 35.4 Å². The number of hydrazone groups is 1. The third kappa shape index (κ3) is 7.82. The second-order valence-electron chi connectivity index (χ2n) is 5.56. The summed E-state index contributed by atoms with van der Waals surface area (Å²) >= 11 is 0. The van der Waals surface area contributed by atoms with Crippen LogP contribution in [-0.2, 0) is 20.9 Å². The van der Waals surface area contributed by atoms with Crippen LogP contribution in [0.25, 0.3) is 0 Å². The van der Waals surface area contributed by atoms with Gasteiger partial charge in [0.15, 0.2) is 6.61 Å². The fraction of sp³-hybridized carbons (Fsp3) is 0.158. The molecule has 0 heterocycles. The molecule has 0 fully saturated rings. The smallest absolute Gasteiger partial charge is 0.255 e. The summed E-state index contributed by atoms with van der Waals surface area (Å²) in [5, 5.41) is 6.46. The summed E-state index contributed by atoms with van der Waals surface area (Å²) in [4.78, 5) is 34.1. The molecule has 2 rings (SSSR count). The molecule has 0 aliphatic rings. The molecule has 0 spiro atoms. The van der Waals surface area contributed by atoms with E-state index in [9.17, 15) is 14.4 Å². The minimum atomic E-state index is -0.559. The van der Waals surface area contributed by atoms with Crippen molar-refractivity contribution in [2.75, 3.05) is 6.61 Å². The Labute approximate surface area is 156 Å². The molecule has 0 saturated carbocycles. The Morgan fingerprint density at radius 3 is 2.37 bits per heavy atom. The van der Waals surface area contributed by atoms with Crippen LogP contribution in [0.4, 0.5) is 0 Å². The number of carbonyl (C=O) groups is 3.